The van der Waals surface area contributed by atoms with Crippen LogP contribution in [0.3, 0.4) is 0 Å². The van der Waals surface area contributed by atoms with Crippen molar-refractivity contribution < 1.29 is 9.90 Å². The maximum atomic E-state index is 11.9. The van der Waals surface area contributed by atoms with Crippen LogP contribution in [-0.2, 0) is 10.2 Å². The molecule has 0 saturated heterocycles. The Morgan fingerprint density at radius 3 is 2.04 bits per heavy atom. The van der Waals surface area contributed by atoms with Crippen LogP contribution in [0.1, 0.15) is 88.7 Å². The van der Waals surface area contributed by atoms with Crippen LogP contribution in [0.5, 0.6) is 0 Å². The predicted octanol–water partition coefficient (Wildman–Crippen LogP) is 5.66. The van der Waals surface area contributed by atoms with Crippen molar-refractivity contribution in [3.63, 3.8) is 0 Å². The molecule has 1 aromatic rings. The Balaban J connectivity index is 1.77. The molecule has 0 aliphatic heterocycles. The molecule has 23 heavy (non-hydrogen) atoms. The van der Waals surface area contributed by atoms with Crippen LogP contribution in [-0.4, -0.2) is 11.1 Å². The molecule has 0 bridgehead atoms. The number of rotatable bonds is 3. The molecule has 0 heterocycles. The maximum Gasteiger partial charge on any atom is 0.314 e. The number of carbonyl (C=O) groups is 1. The second-order valence-electron chi connectivity index (χ2n) is 8.51. The summed E-state index contributed by atoms with van der Waals surface area (Å²) in [5, 5.41) is 9.82. The van der Waals surface area contributed by atoms with Gasteiger partial charge in [0.1, 0.15) is 0 Å². The lowest BCUT2D eigenvalue weighted by atomic mass is 9.68. The number of benzene rings is 1. The summed E-state index contributed by atoms with van der Waals surface area (Å²) in [4.78, 5) is 11.9. The molecule has 0 aromatic heterocycles. The fourth-order valence-electron chi connectivity index (χ4n) is 4.59. The van der Waals surface area contributed by atoms with Crippen molar-refractivity contribution in [2.75, 3.05) is 0 Å². The summed E-state index contributed by atoms with van der Waals surface area (Å²) in [5.41, 5.74) is 2.28. The van der Waals surface area contributed by atoms with Gasteiger partial charge in [0, 0.05) is 0 Å². The molecule has 1 aromatic carbocycles. The van der Waals surface area contributed by atoms with E-state index in [9.17, 15) is 9.90 Å². The minimum atomic E-state index is -0.635. The van der Waals surface area contributed by atoms with Crippen LogP contribution in [0.15, 0.2) is 24.3 Å². The van der Waals surface area contributed by atoms with Crippen molar-refractivity contribution in [1.82, 2.24) is 0 Å². The zero-order valence-electron chi connectivity index (χ0n) is 14.6. The molecule has 2 fully saturated rings. The number of hydrogen-bond acceptors (Lipinski definition) is 1. The molecule has 0 amide bonds. The van der Waals surface area contributed by atoms with Crippen LogP contribution >= 0.6 is 0 Å². The summed E-state index contributed by atoms with van der Waals surface area (Å²) in [7, 11) is 0. The first kappa shape index (κ1) is 16.5. The SMILES string of the molecule is CC1(C)CCC(c2ccc(C3(C(=O)O)CCCCC3)cc2)CC1. The van der Waals surface area contributed by atoms with Gasteiger partial charge in [0.25, 0.3) is 0 Å². The summed E-state index contributed by atoms with van der Waals surface area (Å²) in [6, 6.07) is 8.62. The van der Waals surface area contributed by atoms with E-state index in [4.69, 9.17) is 0 Å². The first-order valence-corrected chi connectivity index (χ1v) is 9.27. The molecule has 2 aliphatic rings. The van der Waals surface area contributed by atoms with Crippen molar-refractivity contribution in [2.45, 2.75) is 83.0 Å². The van der Waals surface area contributed by atoms with Crippen molar-refractivity contribution in [3.8, 4) is 0 Å². The molecule has 2 aliphatic carbocycles. The van der Waals surface area contributed by atoms with Gasteiger partial charge in [-0.1, -0.05) is 57.4 Å². The first-order valence-electron chi connectivity index (χ1n) is 9.27. The lowest BCUT2D eigenvalue weighted by Crippen LogP contribution is -2.37. The molecule has 1 N–H and O–H groups in total. The zero-order chi connectivity index (χ0) is 16.5. The zero-order valence-corrected chi connectivity index (χ0v) is 14.6. The highest BCUT2D eigenvalue weighted by Gasteiger charge is 2.41. The van der Waals surface area contributed by atoms with Gasteiger partial charge in [0.15, 0.2) is 0 Å². The van der Waals surface area contributed by atoms with Crippen LogP contribution in [0.4, 0.5) is 0 Å². The van der Waals surface area contributed by atoms with Gasteiger partial charge in [-0.15, -0.1) is 0 Å². The van der Waals surface area contributed by atoms with E-state index in [0.717, 1.165) is 31.2 Å². The molecular weight excluding hydrogens is 284 g/mol. The van der Waals surface area contributed by atoms with Crippen LogP contribution in [0.2, 0.25) is 0 Å². The summed E-state index contributed by atoms with van der Waals surface area (Å²) in [6.45, 7) is 4.73. The van der Waals surface area contributed by atoms with Crippen molar-refractivity contribution in [2.24, 2.45) is 5.41 Å². The first-order chi connectivity index (χ1) is 10.9. The van der Waals surface area contributed by atoms with Gasteiger partial charge >= 0.3 is 5.97 Å². The molecule has 0 unspecified atom stereocenters. The molecule has 0 atom stereocenters. The molecular formula is C21H30O2. The fraction of sp³-hybridized carbons (Fsp3) is 0.667. The van der Waals surface area contributed by atoms with Crippen LogP contribution in [0, 0.1) is 5.41 Å². The second kappa shape index (κ2) is 6.30. The van der Waals surface area contributed by atoms with Gasteiger partial charge in [-0.25, -0.2) is 0 Å². The average Bonchev–Trinajstić information content (AvgIpc) is 2.55. The van der Waals surface area contributed by atoms with E-state index in [1.807, 2.05) is 0 Å². The van der Waals surface area contributed by atoms with Gasteiger partial charge in [0.05, 0.1) is 5.41 Å². The van der Waals surface area contributed by atoms with Gasteiger partial charge in [-0.3, -0.25) is 4.79 Å². The quantitative estimate of drug-likeness (QED) is 0.782. The summed E-state index contributed by atoms with van der Waals surface area (Å²) in [6.07, 6.45) is 9.92. The van der Waals surface area contributed by atoms with Crippen molar-refractivity contribution in [3.05, 3.63) is 35.4 Å². The minimum absolute atomic E-state index is 0.492. The Morgan fingerprint density at radius 1 is 0.957 bits per heavy atom. The lowest BCUT2D eigenvalue weighted by Gasteiger charge is -2.35. The molecule has 126 valence electrons. The van der Waals surface area contributed by atoms with E-state index in [1.165, 1.54) is 37.7 Å². The molecule has 2 heteroatoms. The van der Waals surface area contributed by atoms with E-state index in [1.54, 1.807) is 0 Å². The van der Waals surface area contributed by atoms with E-state index < -0.39 is 11.4 Å². The van der Waals surface area contributed by atoms with E-state index in [-0.39, 0.29) is 0 Å². The Labute approximate surface area is 140 Å². The summed E-state index contributed by atoms with van der Waals surface area (Å²) < 4.78 is 0. The summed E-state index contributed by atoms with van der Waals surface area (Å²) >= 11 is 0. The molecule has 2 nitrogen and oxygen atoms in total. The third-order valence-corrected chi connectivity index (χ3v) is 6.39. The molecule has 0 spiro atoms. The highest BCUT2D eigenvalue weighted by Crippen LogP contribution is 2.44. The van der Waals surface area contributed by atoms with E-state index in [2.05, 4.69) is 38.1 Å². The second-order valence-corrected chi connectivity index (χ2v) is 8.51. The standard InChI is InChI=1S/C21H30O2/c1-20(2)14-10-17(11-15-20)16-6-8-18(9-7-16)21(19(22)23)12-4-3-5-13-21/h6-9,17H,3-5,10-15H2,1-2H3,(H,22,23). The van der Waals surface area contributed by atoms with Gasteiger partial charge in [-0.2, -0.15) is 0 Å². The third kappa shape index (κ3) is 3.32. The van der Waals surface area contributed by atoms with E-state index in [0.29, 0.717) is 11.3 Å². The Morgan fingerprint density at radius 2 is 1.52 bits per heavy atom. The highest BCUT2D eigenvalue weighted by atomic mass is 16.4. The van der Waals surface area contributed by atoms with Crippen molar-refractivity contribution in [1.29, 1.82) is 0 Å². The number of aliphatic carboxylic acids is 1. The van der Waals surface area contributed by atoms with E-state index >= 15 is 0 Å². The highest BCUT2D eigenvalue weighted by molar-refractivity contribution is 5.81. The number of hydrogen-bond donors (Lipinski definition) is 1. The fourth-order valence-corrected chi connectivity index (χ4v) is 4.59. The van der Waals surface area contributed by atoms with Gasteiger partial charge < -0.3 is 5.11 Å². The van der Waals surface area contributed by atoms with Gasteiger partial charge in [-0.05, 0) is 61.0 Å². The molecule has 2 saturated carbocycles. The number of carboxylic acids is 1. The summed E-state index contributed by atoms with van der Waals surface area (Å²) in [5.74, 6) is 0.0218. The Bertz CT molecular complexity index is 540. The Hall–Kier alpha value is -1.31. The van der Waals surface area contributed by atoms with Crippen molar-refractivity contribution >= 4 is 5.97 Å². The number of carboxylic acid groups (broad SMARTS) is 1. The van der Waals surface area contributed by atoms with Gasteiger partial charge in [0.2, 0.25) is 0 Å². The maximum absolute atomic E-state index is 11.9. The monoisotopic (exact) mass is 314 g/mol. The normalized spacial score (nSPS) is 24.3. The topological polar surface area (TPSA) is 37.3 Å². The predicted molar refractivity (Wildman–Crippen MR) is 93.8 cm³/mol. The third-order valence-electron chi connectivity index (χ3n) is 6.39. The van der Waals surface area contributed by atoms with Crippen LogP contribution in [0.25, 0.3) is 0 Å². The smallest absolute Gasteiger partial charge is 0.314 e. The average molecular weight is 314 g/mol. The lowest BCUT2D eigenvalue weighted by molar-refractivity contribution is -0.145. The minimum Gasteiger partial charge on any atom is -0.481 e. The molecule has 3 rings (SSSR count). The largest absolute Gasteiger partial charge is 0.481 e. The van der Waals surface area contributed by atoms with Crippen LogP contribution < -0.4 is 0 Å². The molecule has 0 radical (unpaired) electrons. The Kier molecular flexibility index (Phi) is 4.53.